The summed E-state index contributed by atoms with van der Waals surface area (Å²) in [5.74, 6) is -0.259. The van der Waals surface area contributed by atoms with Gasteiger partial charge in [-0.2, -0.15) is 0 Å². The van der Waals surface area contributed by atoms with E-state index in [0.717, 1.165) is 15.7 Å². The zero-order valence-electron chi connectivity index (χ0n) is 11.2. The predicted octanol–water partition coefficient (Wildman–Crippen LogP) is 3.99. The van der Waals surface area contributed by atoms with E-state index in [4.69, 9.17) is 0 Å². The molecule has 0 spiro atoms. The SMILES string of the molecule is CC(CO)(Cc1cccc(F)c1)Nc1cccc(Br)c1. The lowest BCUT2D eigenvalue weighted by Gasteiger charge is -2.30. The van der Waals surface area contributed by atoms with Gasteiger partial charge in [-0.15, -0.1) is 0 Å². The summed E-state index contributed by atoms with van der Waals surface area (Å²) in [7, 11) is 0. The Labute approximate surface area is 126 Å². The fourth-order valence-corrected chi connectivity index (χ4v) is 2.55. The Bertz CT molecular complexity index is 541. The second-order valence-electron chi connectivity index (χ2n) is 5.16. The minimum absolute atomic E-state index is 0.0456. The van der Waals surface area contributed by atoms with Crippen LogP contribution in [0.3, 0.4) is 0 Å². The third-order valence-electron chi connectivity index (χ3n) is 3.10. The highest BCUT2D eigenvalue weighted by Crippen LogP contribution is 2.22. The van der Waals surface area contributed by atoms with Crippen molar-refractivity contribution in [3.05, 3.63) is 64.4 Å². The highest BCUT2D eigenvalue weighted by molar-refractivity contribution is 9.10. The van der Waals surface area contributed by atoms with E-state index in [2.05, 4.69) is 21.2 Å². The standard InChI is InChI=1S/C16H17BrFNO/c1-16(11-20,10-12-4-2-6-14(18)8-12)19-15-7-3-5-13(17)9-15/h2-9,19-20H,10-11H2,1H3. The van der Waals surface area contributed by atoms with Crippen molar-refractivity contribution < 1.29 is 9.50 Å². The quantitative estimate of drug-likeness (QED) is 0.864. The van der Waals surface area contributed by atoms with Crippen LogP contribution in [0, 0.1) is 5.82 Å². The molecule has 0 aliphatic heterocycles. The number of hydrogen-bond acceptors (Lipinski definition) is 2. The largest absolute Gasteiger partial charge is 0.394 e. The summed E-state index contributed by atoms with van der Waals surface area (Å²) >= 11 is 3.42. The number of aliphatic hydroxyl groups excluding tert-OH is 1. The third kappa shape index (κ3) is 4.05. The van der Waals surface area contributed by atoms with E-state index >= 15 is 0 Å². The Balaban J connectivity index is 2.16. The second-order valence-corrected chi connectivity index (χ2v) is 6.08. The molecule has 0 aromatic heterocycles. The van der Waals surface area contributed by atoms with Gasteiger partial charge in [0.05, 0.1) is 12.1 Å². The van der Waals surface area contributed by atoms with Gasteiger partial charge in [-0.3, -0.25) is 0 Å². The molecule has 4 heteroatoms. The number of hydrogen-bond donors (Lipinski definition) is 2. The van der Waals surface area contributed by atoms with Gasteiger partial charge in [0.1, 0.15) is 5.82 Å². The Hall–Kier alpha value is -1.39. The van der Waals surface area contributed by atoms with Crippen LogP contribution in [0.1, 0.15) is 12.5 Å². The molecule has 0 aliphatic carbocycles. The van der Waals surface area contributed by atoms with Crippen LogP contribution in [-0.2, 0) is 6.42 Å². The summed E-state index contributed by atoms with van der Waals surface area (Å²) in [5, 5.41) is 13.0. The summed E-state index contributed by atoms with van der Waals surface area (Å²) in [6, 6.07) is 14.2. The molecule has 0 saturated heterocycles. The molecule has 0 heterocycles. The first-order valence-electron chi connectivity index (χ1n) is 6.40. The third-order valence-corrected chi connectivity index (χ3v) is 3.60. The maximum Gasteiger partial charge on any atom is 0.123 e. The number of benzene rings is 2. The zero-order chi connectivity index (χ0) is 14.6. The van der Waals surface area contributed by atoms with Crippen molar-refractivity contribution in [2.24, 2.45) is 0 Å². The maximum atomic E-state index is 13.2. The molecule has 2 N–H and O–H groups in total. The van der Waals surface area contributed by atoms with Crippen LogP contribution < -0.4 is 5.32 Å². The highest BCUT2D eigenvalue weighted by Gasteiger charge is 2.23. The Morgan fingerprint density at radius 2 is 1.95 bits per heavy atom. The first-order valence-corrected chi connectivity index (χ1v) is 7.19. The fraction of sp³-hybridized carbons (Fsp3) is 0.250. The first kappa shape index (κ1) is 15.0. The van der Waals surface area contributed by atoms with E-state index < -0.39 is 5.54 Å². The number of halogens is 2. The summed E-state index contributed by atoms with van der Waals surface area (Å²) in [4.78, 5) is 0. The molecule has 0 amide bonds. The van der Waals surface area contributed by atoms with E-state index in [9.17, 15) is 9.50 Å². The minimum Gasteiger partial charge on any atom is -0.394 e. The lowest BCUT2D eigenvalue weighted by Crippen LogP contribution is -2.41. The van der Waals surface area contributed by atoms with Crippen LogP contribution in [0.2, 0.25) is 0 Å². The molecule has 0 saturated carbocycles. The van der Waals surface area contributed by atoms with Gasteiger partial charge in [0.25, 0.3) is 0 Å². The molecule has 2 rings (SSSR count). The van der Waals surface area contributed by atoms with Crippen LogP contribution in [0.25, 0.3) is 0 Å². The fourth-order valence-electron chi connectivity index (χ4n) is 2.15. The van der Waals surface area contributed by atoms with Gasteiger partial charge in [0, 0.05) is 10.2 Å². The number of aliphatic hydroxyl groups is 1. The molecule has 1 atom stereocenters. The van der Waals surface area contributed by atoms with E-state index in [1.165, 1.54) is 12.1 Å². The van der Waals surface area contributed by atoms with Crippen molar-refractivity contribution in [2.75, 3.05) is 11.9 Å². The maximum absolute atomic E-state index is 13.2. The second kappa shape index (κ2) is 6.37. The van der Waals surface area contributed by atoms with Gasteiger partial charge < -0.3 is 10.4 Å². The van der Waals surface area contributed by atoms with Gasteiger partial charge in [0.2, 0.25) is 0 Å². The molecule has 106 valence electrons. The Kier molecular flexibility index (Phi) is 4.78. The van der Waals surface area contributed by atoms with Crippen molar-refractivity contribution in [3.63, 3.8) is 0 Å². The normalized spacial score (nSPS) is 13.8. The predicted molar refractivity (Wildman–Crippen MR) is 83.4 cm³/mol. The summed E-state index contributed by atoms with van der Waals surface area (Å²) in [5.41, 5.74) is 1.21. The van der Waals surface area contributed by atoms with E-state index in [0.29, 0.717) is 6.42 Å². The van der Waals surface area contributed by atoms with Crippen LogP contribution >= 0.6 is 15.9 Å². The van der Waals surface area contributed by atoms with Crippen molar-refractivity contribution in [1.29, 1.82) is 0 Å². The molecular formula is C16H17BrFNO. The average molecular weight is 338 g/mol. The van der Waals surface area contributed by atoms with Crippen molar-refractivity contribution >= 4 is 21.6 Å². The van der Waals surface area contributed by atoms with Crippen LogP contribution in [0.15, 0.2) is 53.0 Å². The number of rotatable bonds is 5. The number of anilines is 1. The summed E-state index contributed by atoms with van der Waals surface area (Å²) < 4.78 is 14.2. The van der Waals surface area contributed by atoms with Crippen molar-refractivity contribution in [2.45, 2.75) is 18.9 Å². The minimum atomic E-state index is -0.547. The molecule has 0 radical (unpaired) electrons. The molecule has 2 nitrogen and oxygen atoms in total. The molecular weight excluding hydrogens is 321 g/mol. The lowest BCUT2D eigenvalue weighted by molar-refractivity contribution is 0.222. The van der Waals surface area contributed by atoms with Gasteiger partial charge in [-0.05, 0) is 49.2 Å². The molecule has 0 fully saturated rings. The van der Waals surface area contributed by atoms with Gasteiger partial charge in [-0.1, -0.05) is 34.1 Å². The molecule has 2 aromatic carbocycles. The monoisotopic (exact) mass is 337 g/mol. The Morgan fingerprint density at radius 3 is 2.60 bits per heavy atom. The average Bonchev–Trinajstić information content (AvgIpc) is 2.38. The molecule has 20 heavy (non-hydrogen) atoms. The molecule has 0 bridgehead atoms. The molecule has 1 unspecified atom stereocenters. The molecule has 2 aromatic rings. The van der Waals surface area contributed by atoms with Crippen molar-refractivity contribution in [3.8, 4) is 0 Å². The van der Waals surface area contributed by atoms with Gasteiger partial charge >= 0.3 is 0 Å². The van der Waals surface area contributed by atoms with Crippen LogP contribution in [-0.4, -0.2) is 17.3 Å². The van der Waals surface area contributed by atoms with Crippen LogP contribution in [0.5, 0.6) is 0 Å². The first-order chi connectivity index (χ1) is 9.50. The number of nitrogens with one attached hydrogen (secondary N) is 1. The lowest BCUT2D eigenvalue weighted by atomic mass is 9.93. The summed E-state index contributed by atoms with van der Waals surface area (Å²) in [6.45, 7) is 1.87. The van der Waals surface area contributed by atoms with Crippen molar-refractivity contribution in [1.82, 2.24) is 0 Å². The molecule has 0 aliphatic rings. The summed E-state index contributed by atoms with van der Waals surface area (Å²) in [6.07, 6.45) is 0.535. The van der Waals surface area contributed by atoms with E-state index in [1.807, 2.05) is 37.3 Å². The zero-order valence-corrected chi connectivity index (χ0v) is 12.8. The van der Waals surface area contributed by atoms with Gasteiger partial charge in [0.15, 0.2) is 0 Å². The van der Waals surface area contributed by atoms with E-state index in [1.54, 1.807) is 6.07 Å². The smallest absolute Gasteiger partial charge is 0.123 e. The van der Waals surface area contributed by atoms with Crippen LogP contribution in [0.4, 0.5) is 10.1 Å². The highest BCUT2D eigenvalue weighted by atomic mass is 79.9. The Morgan fingerprint density at radius 1 is 1.20 bits per heavy atom. The van der Waals surface area contributed by atoms with E-state index in [-0.39, 0.29) is 12.4 Å². The topological polar surface area (TPSA) is 32.3 Å². The van der Waals surface area contributed by atoms with Gasteiger partial charge in [-0.25, -0.2) is 4.39 Å².